The van der Waals surface area contributed by atoms with Gasteiger partial charge in [-0.15, -0.1) is 0 Å². The molecule has 1 atom stereocenters. The van der Waals surface area contributed by atoms with Gasteiger partial charge in [-0.3, -0.25) is 4.57 Å². The number of aromatic nitrogens is 2. The van der Waals surface area contributed by atoms with Gasteiger partial charge in [-0.05, 0) is 111 Å². The Balaban J connectivity index is 1.33. The third kappa shape index (κ3) is 4.49. The second kappa shape index (κ2) is 11.4. The molecule has 4 heteroatoms. The molecule has 0 fully saturated rings. The summed E-state index contributed by atoms with van der Waals surface area (Å²) in [6, 6.07) is 7.37. The van der Waals surface area contributed by atoms with Crippen LogP contribution in [-0.4, -0.2) is 21.8 Å². The Bertz CT molecular complexity index is 2050. The molecule has 0 saturated carbocycles. The lowest BCUT2D eigenvalue weighted by Crippen LogP contribution is -2.34. The minimum Gasteiger partial charge on any atom is -0.474 e. The van der Waals surface area contributed by atoms with Crippen LogP contribution in [0, 0.1) is 0 Å². The molecule has 9 rings (SSSR count). The van der Waals surface area contributed by atoms with Crippen LogP contribution in [0.3, 0.4) is 0 Å². The maximum Gasteiger partial charge on any atom is 0.206 e. The maximum absolute atomic E-state index is 6.48. The predicted octanol–water partition coefficient (Wildman–Crippen LogP) is 10.0. The zero-order chi connectivity index (χ0) is 31.5. The van der Waals surface area contributed by atoms with Gasteiger partial charge in [-0.1, -0.05) is 73.8 Å². The molecule has 47 heavy (non-hydrogen) atoms. The highest BCUT2D eigenvalue weighted by Gasteiger charge is 2.30. The molecule has 2 aromatic heterocycles. The molecule has 4 aliphatic carbocycles. The number of nitrogens with zero attached hydrogens (tertiary/aromatic N) is 3. The first kappa shape index (κ1) is 28.3. The van der Waals surface area contributed by atoms with Crippen LogP contribution in [0.1, 0.15) is 78.9 Å². The average Bonchev–Trinajstić information content (AvgIpc) is 3.53. The van der Waals surface area contributed by atoms with E-state index in [0.29, 0.717) is 6.61 Å². The van der Waals surface area contributed by atoms with Gasteiger partial charge in [0.15, 0.2) is 0 Å². The summed E-state index contributed by atoms with van der Waals surface area (Å²) in [5.74, 6) is 0.963. The second-order valence-electron chi connectivity index (χ2n) is 13.3. The minimum atomic E-state index is 0.117. The van der Waals surface area contributed by atoms with Crippen LogP contribution < -0.4 is 9.64 Å². The summed E-state index contributed by atoms with van der Waals surface area (Å²) in [4.78, 5) is 2.54. The van der Waals surface area contributed by atoms with Gasteiger partial charge in [-0.2, -0.15) is 0 Å². The molecule has 2 aliphatic heterocycles. The lowest BCUT2D eigenvalue weighted by molar-refractivity contribution is 0.336. The van der Waals surface area contributed by atoms with Gasteiger partial charge in [0.2, 0.25) is 5.88 Å². The van der Waals surface area contributed by atoms with Crippen LogP contribution in [0.2, 0.25) is 0 Å². The molecular formula is C43H41N3O. The van der Waals surface area contributed by atoms with Crippen LogP contribution in [0.5, 0.6) is 5.88 Å². The number of benzene rings is 1. The summed E-state index contributed by atoms with van der Waals surface area (Å²) in [7, 11) is 0. The smallest absolute Gasteiger partial charge is 0.206 e. The lowest BCUT2D eigenvalue weighted by Gasteiger charge is -2.36. The van der Waals surface area contributed by atoms with E-state index in [1.165, 1.54) is 67.6 Å². The van der Waals surface area contributed by atoms with Gasteiger partial charge in [0.25, 0.3) is 0 Å². The molecule has 1 aromatic carbocycles. The Kier molecular flexibility index (Phi) is 6.85. The van der Waals surface area contributed by atoms with Crippen molar-refractivity contribution < 1.29 is 4.74 Å². The lowest BCUT2D eigenvalue weighted by atomic mass is 9.94. The largest absolute Gasteiger partial charge is 0.474 e. The fourth-order valence-corrected chi connectivity index (χ4v) is 8.42. The van der Waals surface area contributed by atoms with E-state index >= 15 is 0 Å². The molecule has 0 unspecified atom stereocenters. The first-order valence-electron chi connectivity index (χ1n) is 17.4. The highest BCUT2D eigenvalue weighted by Crippen LogP contribution is 2.44. The Morgan fingerprint density at radius 3 is 2.34 bits per heavy atom. The SMILES string of the molecule is CC/C=C\C1=C(C)N(c2cc(-n3c4c(c5c3CCC=C5)CCC=C4)cc(-n3c4c(c5c3OCC=C5)C=CCC4)c2)[C@H]2C=CC=CC1=C2. The third-order valence-electron chi connectivity index (χ3n) is 10.5. The standard InChI is InChI=1S/C43H41N3O/c1-3-4-16-35-29(2)44(31-15-6-5-14-30(35)25-31)32-26-33(45-40-21-10-7-17-36(40)37-18-8-11-22-41(37)45)28-34(27-32)46-42-23-12-9-19-38(42)39-20-13-24-47-43(39)46/h4-7,9,11,13-17,19-20,22,25-28,31H,3,8,10,12,18,21,23-24H2,1-2H3/b16-4-/t31-/m0/s1. The topological polar surface area (TPSA) is 22.3 Å². The molecule has 0 saturated heterocycles. The van der Waals surface area contributed by atoms with Crippen molar-refractivity contribution in [3.63, 3.8) is 0 Å². The minimum absolute atomic E-state index is 0.117. The van der Waals surface area contributed by atoms with Gasteiger partial charge in [0.05, 0.1) is 11.7 Å². The van der Waals surface area contributed by atoms with Crippen molar-refractivity contribution >= 4 is 30.0 Å². The van der Waals surface area contributed by atoms with E-state index in [4.69, 9.17) is 4.74 Å². The maximum atomic E-state index is 6.48. The summed E-state index contributed by atoms with van der Waals surface area (Å²) in [5, 5.41) is 0. The van der Waals surface area contributed by atoms with Crippen molar-refractivity contribution in [2.75, 3.05) is 11.5 Å². The molecule has 4 heterocycles. The van der Waals surface area contributed by atoms with Gasteiger partial charge in [-0.25, -0.2) is 0 Å². The van der Waals surface area contributed by atoms with Crippen molar-refractivity contribution in [3.05, 3.63) is 141 Å². The van der Waals surface area contributed by atoms with E-state index in [1.807, 2.05) is 0 Å². The first-order valence-corrected chi connectivity index (χ1v) is 17.4. The van der Waals surface area contributed by atoms with Crippen LogP contribution in [-0.2, 0) is 19.3 Å². The fourth-order valence-electron chi connectivity index (χ4n) is 8.42. The normalized spacial score (nSPS) is 20.3. The van der Waals surface area contributed by atoms with E-state index in [0.717, 1.165) is 56.5 Å². The van der Waals surface area contributed by atoms with Crippen molar-refractivity contribution in [2.45, 2.75) is 64.8 Å². The highest BCUT2D eigenvalue weighted by molar-refractivity contribution is 5.78. The molecule has 4 nitrogen and oxygen atoms in total. The van der Waals surface area contributed by atoms with E-state index in [-0.39, 0.29) is 6.04 Å². The summed E-state index contributed by atoms with van der Waals surface area (Å²) in [6.07, 6.45) is 41.8. The number of ether oxygens (including phenoxy) is 1. The number of allylic oxidation sites excluding steroid dienone is 11. The zero-order valence-electron chi connectivity index (χ0n) is 27.4. The number of hydrogen-bond donors (Lipinski definition) is 0. The highest BCUT2D eigenvalue weighted by atomic mass is 16.5. The average molecular weight is 616 g/mol. The van der Waals surface area contributed by atoms with E-state index in [1.54, 1.807) is 0 Å². The van der Waals surface area contributed by atoms with Crippen molar-refractivity contribution in [1.82, 2.24) is 9.13 Å². The zero-order valence-corrected chi connectivity index (χ0v) is 27.4. The monoisotopic (exact) mass is 615 g/mol. The fraction of sp³-hybridized carbons (Fsp3) is 0.256. The Morgan fingerprint density at radius 1 is 0.766 bits per heavy atom. The molecule has 3 aromatic rings. The van der Waals surface area contributed by atoms with Crippen LogP contribution in [0.4, 0.5) is 5.69 Å². The van der Waals surface area contributed by atoms with Gasteiger partial charge < -0.3 is 14.2 Å². The first-order chi connectivity index (χ1) is 23.2. The van der Waals surface area contributed by atoms with Crippen LogP contribution >= 0.6 is 0 Å². The quantitative estimate of drug-likeness (QED) is 0.285. The Labute approximate surface area is 278 Å². The van der Waals surface area contributed by atoms with Crippen molar-refractivity contribution in [3.8, 4) is 17.3 Å². The van der Waals surface area contributed by atoms with Crippen molar-refractivity contribution in [2.24, 2.45) is 0 Å². The third-order valence-corrected chi connectivity index (χ3v) is 10.5. The predicted molar refractivity (Wildman–Crippen MR) is 196 cm³/mol. The molecule has 0 radical (unpaired) electrons. The number of anilines is 1. The van der Waals surface area contributed by atoms with Gasteiger partial charge >= 0.3 is 0 Å². The summed E-state index contributed by atoms with van der Waals surface area (Å²) >= 11 is 0. The Morgan fingerprint density at radius 2 is 1.49 bits per heavy atom. The molecule has 234 valence electrons. The summed E-state index contributed by atoms with van der Waals surface area (Å²) in [5.41, 5.74) is 17.0. The molecule has 0 N–H and O–H groups in total. The number of fused-ring (bicyclic) bond motifs is 7. The molecule has 2 bridgehead atoms. The number of rotatable bonds is 5. The molecule has 6 aliphatic rings. The summed E-state index contributed by atoms with van der Waals surface area (Å²) < 4.78 is 11.5. The van der Waals surface area contributed by atoms with Crippen LogP contribution in [0.15, 0.2) is 102 Å². The molecule has 0 amide bonds. The second-order valence-corrected chi connectivity index (χ2v) is 13.3. The van der Waals surface area contributed by atoms with Crippen molar-refractivity contribution in [1.29, 1.82) is 0 Å². The van der Waals surface area contributed by atoms with E-state index in [2.05, 4.69) is 137 Å². The van der Waals surface area contributed by atoms with Gasteiger partial charge in [0.1, 0.15) is 6.61 Å². The Hall–Kier alpha value is -4.96. The van der Waals surface area contributed by atoms with E-state index < -0.39 is 0 Å². The molecule has 0 spiro atoms. The number of hydrogen-bond acceptors (Lipinski definition) is 2. The summed E-state index contributed by atoms with van der Waals surface area (Å²) in [6.45, 7) is 5.09. The van der Waals surface area contributed by atoms with E-state index in [9.17, 15) is 0 Å². The van der Waals surface area contributed by atoms with Gasteiger partial charge in [0, 0.05) is 50.9 Å². The van der Waals surface area contributed by atoms with Crippen LogP contribution in [0.25, 0.3) is 35.7 Å². The molecular weight excluding hydrogens is 574 g/mol.